The maximum Gasteiger partial charge on any atom is 0.290 e. The Morgan fingerprint density at radius 1 is 0.931 bits per heavy atom. The highest BCUT2D eigenvalue weighted by Crippen LogP contribution is 2.21. The Kier molecular flexibility index (Phi) is 6.32. The van der Waals surface area contributed by atoms with Gasteiger partial charge in [-0.05, 0) is 51.0 Å². The third-order valence-corrected chi connectivity index (χ3v) is 5.23. The largest absolute Gasteiger partial charge is 0.349 e. The lowest BCUT2D eigenvalue weighted by molar-refractivity contribution is 0.0941. The van der Waals surface area contributed by atoms with Gasteiger partial charge < -0.3 is 10.2 Å². The summed E-state index contributed by atoms with van der Waals surface area (Å²) >= 11 is 0. The average Bonchev–Trinajstić information content (AvgIpc) is 3.24. The fourth-order valence-corrected chi connectivity index (χ4v) is 3.70. The fraction of sp³-hybridized carbons (Fsp3) is 0.348. The number of nitrogens with one attached hydrogen (secondary N) is 1. The van der Waals surface area contributed by atoms with Gasteiger partial charge in [0.2, 0.25) is 5.82 Å². The van der Waals surface area contributed by atoms with Crippen molar-refractivity contribution in [2.75, 3.05) is 26.2 Å². The molecule has 1 aliphatic rings. The van der Waals surface area contributed by atoms with Crippen molar-refractivity contribution in [3.8, 4) is 17.1 Å². The van der Waals surface area contributed by atoms with Crippen LogP contribution in [0.5, 0.6) is 0 Å². The number of amides is 1. The van der Waals surface area contributed by atoms with Crippen molar-refractivity contribution >= 4 is 5.91 Å². The lowest BCUT2D eigenvalue weighted by Gasteiger charge is -2.26. The number of para-hydroxylation sites is 1. The third-order valence-electron chi connectivity index (χ3n) is 5.23. The summed E-state index contributed by atoms with van der Waals surface area (Å²) in [7, 11) is 0. The van der Waals surface area contributed by atoms with Crippen molar-refractivity contribution in [3.63, 3.8) is 0 Å². The predicted molar refractivity (Wildman–Crippen MR) is 114 cm³/mol. The molecule has 0 bridgehead atoms. The fourth-order valence-electron chi connectivity index (χ4n) is 3.70. The van der Waals surface area contributed by atoms with Gasteiger partial charge in [0.15, 0.2) is 5.82 Å². The van der Waals surface area contributed by atoms with Crippen molar-refractivity contribution in [1.82, 2.24) is 25.0 Å². The number of nitrogens with zero attached hydrogens (tertiary/aromatic N) is 4. The summed E-state index contributed by atoms with van der Waals surface area (Å²) in [5.74, 6) is 0.636. The van der Waals surface area contributed by atoms with Crippen LogP contribution in [0.1, 0.15) is 36.3 Å². The van der Waals surface area contributed by atoms with Crippen molar-refractivity contribution in [2.45, 2.75) is 25.7 Å². The van der Waals surface area contributed by atoms with Gasteiger partial charge in [-0.15, -0.1) is 5.10 Å². The van der Waals surface area contributed by atoms with E-state index in [2.05, 4.69) is 20.3 Å². The molecule has 150 valence electrons. The molecule has 1 N–H and O–H groups in total. The summed E-state index contributed by atoms with van der Waals surface area (Å²) < 4.78 is 1.73. The zero-order valence-corrected chi connectivity index (χ0v) is 16.6. The quantitative estimate of drug-likeness (QED) is 0.628. The molecule has 0 atom stereocenters. The van der Waals surface area contributed by atoms with Crippen molar-refractivity contribution in [3.05, 3.63) is 66.5 Å². The van der Waals surface area contributed by atoms with Gasteiger partial charge in [-0.1, -0.05) is 55.0 Å². The molecule has 0 radical (unpaired) electrons. The molecule has 4 rings (SSSR count). The molecule has 0 spiro atoms. The van der Waals surface area contributed by atoms with Crippen LogP contribution in [0.4, 0.5) is 0 Å². The zero-order chi connectivity index (χ0) is 19.9. The van der Waals surface area contributed by atoms with Crippen LogP contribution >= 0.6 is 0 Å². The van der Waals surface area contributed by atoms with Crippen LogP contribution in [0, 0.1) is 0 Å². The molecule has 2 heterocycles. The lowest BCUT2D eigenvalue weighted by Crippen LogP contribution is -2.33. The number of hydrogen-bond acceptors (Lipinski definition) is 4. The highest BCUT2D eigenvalue weighted by atomic mass is 16.2. The standard InChI is InChI=1S/C23H27N5O/c29-23(24-15-10-18-27-16-8-3-9-17-27)21-25-22(19-11-4-1-5-12-19)28(26-21)20-13-6-2-7-14-20/h1-2,4-7,11-14H,3,8-10,15-18H2,(H,24,29). The van der Waals surface area contributed by atoms with Gasteiger partial charge in [0, 0.05) is 12.1 Å². The van der Waals surface area contributed by atoms with Crippen molar-refractivity contribution in [1.29, 1.82) is 0 Å². The Hall–Kier alpha value is -2.99. The van der Waals surface area contributed by atoms with Gasteiger partial charge in [-0.25, -0.2) is 9.67 Å². The van der Waals surface area contributed by atoms with E-state index >= 15 is 0 Å². The van der Waals surface area contributed by atoms with Gasteiger partial charge in [-0.2, -0.15) is 0 Å². The molecular weight excluding hydrogens is 362 g/mol. The zero-order valence-electron chi connectivity index (χ0n) is 16.6. The summed E-state index contributed by atoms with van der Waals surface area (Å²) in [6.07, 6.45) is 4.86. The minimum Gasteiger partial charge on any atom is -0.349 e. The average molecular weight is 390 g/mol. The van der Waals surface area contributed by atoms with E-state index in [1.54, 1.807) is 4.68 Å². The van der Waals surface area contributed by atoms with Crippen LogP contribution in [0.15, 0.2) is 60.7 Å². The molecule has 2 aromatic carbocycles. The molecule has 3 aromatic rings. The monoisotopic (exact) mass is 389 g/mol. The predicted octanol–water partition coefficient (Wildman–Crippen LogP) is 3.54. The number of rotatable bonds is 7. The van der Waals surface area contributed by atoms with E-state index in [-0.39, 0.29) is 11.7 Å². The SMILES string of the molecule is O=C(NCCCN1CCCCC1)c1nc(-c2ccccc2)n(-c2ccccc2)n1. The first kappa shape index (κ1) is 19.3. The van der Waals surface area contributed by atoms with Crippen LogP contribution < -0.4 is 5.32 Å². The van der Waals surface area contributed by atoms with Crippen molar-refractivity contribution in [2.24, 2.45) is 0 Å². The summed E-state index contributed by atoms with van der Waals surface area (Å²) in [5, 5.41) is 7.49. The normalized spacial score (nSPS) is 14.6. The van der Waals surface area contributed by atoms with Crippen molar-refractivity contribution < 1.29 is 4.79 Å². The first-order chi connectivity index (χ1) is 14.3. The Bertz CT molecular complexity index is 860. The molecule has 29 heavy (non-hydrogen) atoms. The maximum atomic E-state index is 12.7. The summed E-state index contributed by atoms with van der Waals surface area (Å²) in [4.78, 5) is 19.7. The molecular formula is C23H27N5O. The molecule has 0 aliphatic carbocycles. The van der Waals surface area contributed by atoms with Crippen LogP contribution in [-0.4, -0.2) is 51.8 Å². The summed E-state index contributed by atoms with van der Waals surface area (Å²) in [5.41, 5.74) is 1.80. The number of benzene rings is 2. The van der Waals surface area contributed by atoms with Crippen LogP contribution in [0.2, 0.25) is 0 Å². The molecule has 0 saturated carbocycles. The molecule has 6 nitrogen and oxygen atoms in total. The topological polar surface area (TPSA) is 63.1 Å². The highest BCUT2D eigenvalue weighted by molar-refractivity contribution is 5.91. The minimum atomic E-state index is -0.226. The van der Waals surface area contributed by atoms with E-state index in [4.69, 9.17) is 0 Å². The Morgan fingerprint density at radius 3 is 2.34 bits per heavy atom. The smallest absolute Gasteiger partial charge is 0.290 e. The first-order valence-corrected chi connectivity index (χ1v) is 10.4. The van der Waals surface area contributed by atoms with E-state index in [9.17, 15) is 4.79 Å². The highest BCUT2D eigenvalue weighted by Gasteiger charge is 2.18. The number of likely N-dealkylation sites (tertiary alicyclic amines) is 1. The third kappa shape index (κ3) is 4.90. The number of carbonyl (C=O) groups is 1. The molecule has 1 aromatic heterocycles. The number of piperidine rings is 1. The first-order valence-electron chi connectivity index (χ1n) is 10.4. The van der Waals surface area contributed by atoms with Gasteiger partial charge in [0.1, 0.15) is 0 Å². The number of carbonyl (C=O) groups excluding carboxylic acids is 1. The summed E-state index contributed by atoms with van der Waals surface area (Å²) in [6, 6.07) is 19.6. The van der Waals surface area contributed by atoms with Gasteiger partial charge in [0.05, 0.1) is 5.69 Å². The van der Waals surface area contributed by atoms with E-state index in [1.807, 2.05) is 60.7 Å². The van der Waals surface area contributed by atoms with Gasteiger partial charge in [0.25, 0.3) is 5.91 Å². The minimum absolute atomic E-state index is 0.200. The van der Waals surface area contributed by atoms with E-state index in [1.165, 1.54) is 32.4 Å². The Balaban J connectivity index is 1.45. The lowest BCUT2D eigenvalue weighted by atomic mass is 10.1. The van der Waals surface area contributed by atoms with Crippen LogP contribution in [-0.2, 0) is 0 Å². The maximum absolute atomic E-state index is 12.7. The van der Waals surface area contributed by atoms with Gasteiger partial charge in [-0.3, -0.25) is 4.79 Å². The molecule has 0 unspecified atom stereocenters. The molecule has 1 saturated heterocycles. The number of hydrogen-bond donors (Lipinski definition) is 1. The second kappa shape index (κ2) is 9.47. The van der Waals surface area contributed by atoms with Crippen LogP contribution in [0.3, 0.4) is 0 Å². The molecule has 1 fully saturated rings. The molecule has 1 amide bonds. The second-order valence-corrected chi connectivity index (χ2v) is 7.38. The second-order valence-electron chi connectivity index (χ2n) is 7.38. The Morgan fingerprint density at radius 2 is 1.62 bits per heavy atom. The van der Waals surface area contributed by atoms with E-state index < -0.39 is 0 Å². The van der Waals surface area contributed by atoms with E-state index in [0.717, 1.165) is 24.2 Å². The number of aromatic nitrogens is 3. The summed E-state index contributed by atoms with van der Waals surface area (Å²) in [6.45, 7) is 4.02. The Labute approximate surface area is 171 Å². The molecule has 6 heteroatoms. The van der Waals surface area contributed by atoms with Gasteiger partial charge >= 0.3 is 0 Å². The van der Waals surface area contributed by atoms with E-state index in [0.29, 0.717) is 12.4 Å². The van der Waals surface area contributed by atoms with Crippen LogP contribution in [0.25, 0.3) is 17.1 Å². The molecule has 1 aliphatic heterocycles.